The van der Waals surface area contributed by atoms with Gasteiger partial charge in [-0.2, -0.15) is 0 Å². The van der Waals surface area contributed by atoms with Crippen LogP contribution in [0, 0.1) is 0 Å². The van der Waals surface area contributed by atoms with Gasteiger partial charge in [-0.05, 0) is 44.7 Å². The number of hydrogen-bond acceptors (Lipinski definition) is 3. The molecule has 0 radical (unpaired) electrons. The molecule has 0 bridgehead atoms. The highest BCUT2D eigenvalue weighted by Crippen LogP contribution is 2.29. The maximum absolute atomic E-state index is 12.2. The third-order valence-electron chi connectivity index (χ3n) is 3.79. The van der Waals surface area contributed by atoms with Gasteiger partial charge >= 0.3 is 6.09 Å². The minimum Gasteiger partial charge on any atom is -0.444 e. The number of likely N-dealkylation sites (tertiary alicyclic amines) is 1. The van der Waals surface area contributed by atoms with Gasteiger partial charge in [-0.3, -0.25) is 0 Å². The first-order valence-corrected chi connectivity index (χ1v) is 7.66. The molecule has 1 atom stereocenters. The maximum Gasteiger partial charge on any atom is 0.410 e. The maximum atomic E-state index is 12.2. The molecule has 2 rings (SSSR count). The summed E-state index contributed by atoms with van der Waals surface area (Å²) in [5.41, 5.74) is 7.83. The predicted molar refractivity (Wildman–Crippen MR) is 84.1 cm³/mol. The van der Waals surface area contributed by atoms with Crippen molar-refractivity contribution < 1.29 is 9.53 Å². The summed E-state index contributed by atoms with van der Waals surface area (Å²) in [6.45, 7) is 7.73. The Morgan fingerprint density at radius 3 is 2.76 bits per heavy atom. The Balaban J connectivity index is 2.09. The minimum atomic E-state index is -0.445. The molecule has 1 aromatic carbocycles. The molecular weight excluding hydrogens is 264 g/mol. The molecule has 1 saturated heterocycles. The summed E-state index contributed by atoms with van der Waals surface area (Å²) in [6, 6.07) is 8.26. The standard InChI is InChI=1S/C17H26N2O2/c1-17(2,3)21-16(20)19-10-6-8-14(12-19)15-9-5-4-7-13(15)11-18/h4-5,7,9,14H,6,8,10-12,18H2,1-3H3. The van der Waals surface area contributed by atoms with Gasteiger partial charge in [0.2, 0.25) is 0 Å². The van der Waals surface area contributed by atoms with Crippen LogP contribution in [0.3, 0.4) is 0 Å². The van der Waals surface area contributed by atoms with Gasteiger partial charge in [0.25, 0.3) is 0 Å². The lowest BCUT2D eigenvalue weighted by atomic mass is 9.87. The average molecular weight is 290 g/mol. The summed E-state index contributed by atoms with van der Waals surface area (Å²) in [7, 11) is 0. The SMILES string of the molecule is CC(C)(C)OC(=O)N1CCCC(c2ccccc2CN)C1. The highest BCUT2D eigenvalue weighted by atomic mass is 16.6. The third kappa shape index (κ3) is 4.21. The molecule has 21 heavy (non-hydrogen) atoms. The number of hydrogen-bond donors (Lipinski definition) is 1. The van der Waals surface area contributed by atoms with Crippen LogP contribution < -0.4 is 5.73 Å². The molecule has 0 aliphatic carbocycles. The lowest BCUT2D eigenvalue weighted by molar-refractivity contribution is 0.0198. The van der Waals surface area contributed by atoms with Gasteiger partial charge in [0.05, 0.1) is 0 Å². The Morgan fingerprint density at radius 1 is 1.38 bits per heavy atom. The number of rotatable bonds is 2. The molecule has 2 N–H and O–H groups in total. The molecule has 0 spiro atoms. The van der Waals surface area contributed by atoms with Crippen molar-refractivity contribution in [2.45, 2.75) is 51.7 Å². The van der Waals surface area contributed by atoms with E-state index >= 15 is 0 Å². The number of amides is 1. The number of carbonyl (C=O) groups excluding carboxylic acids is 1. The summed E-state index contributed by atoms with van der Waals surface area (Å²) in [5, 5.41) is 0. The van der Waals surface area contributed by atoms with Crippen molar-refractivity contribution in [3.05, 3.63) is 35.4 Å². The van der Waals surface area contributed by atoms with E-state index in [0.29, 0.717) is 19.0 Å². The van der Waals surface area contributed by atoms with Crippen LogP contribution in [-0.4, -0.2) is 29.7 Å². The van der Waals surface area contributed by atoms with Gasteiger partial charge in [0.1, 0.15) is 5.60 Å². The van der Waals surface area contributed by atoms with Gasteiger partial charge in [0.15, 0.2) is 0 Å². The number of ether oxygens (including phenoxy) is 1. The van der Waals surface area contributed by atoms with Gasteiger partial charge < -0.3 is 15.4 Å². The molecule has 0 saturated carbocycles. The molecule has 1 aliphatic heterocycles. The van der Waals surface area contributed by atoms with E-state index in [9.17, 15) is 4.79 Å². The zero-order chi connectivity index (χ0) is 15.5. The highest BCUT2D eigenvalue weighted by molar-refractivity contribution is 5.68. The van der Waals surface area contributed by atoms with Crippen molar-refractivity contribution in [2.24, 2.45) is 5.73 Å². The van der Waals surface area contributed by atoms with Crippen molar-refractivity contribution in [1.82, 2.24) is 4.90 Å². The summed E-state index contributed by atoms with van der Waals surface area (Å²) < 4.78 is 5.48. The van der Waals surface area contributed by atoms with E-state index in [1.807, 2.05) is 37.8 Å². The second-order valence-corrected chi connectivity index (χ2v) is 6.67. The molecule has 116 valence electrons. The Bertz CT molecular complexity index is 494. The van der Waals surface area contributed by atoms with Crippen molar-refractivity contribution >= 4 is 6.09 Å². The minimum absolute atomic E-state index is 0.211. The Hall–Kier alpha value is -1.55. The Morgan fingerprint density at radius 2 is 2.10 bits per heavy atom. The van der Waals surface area contributed by atoms with Crippen LogP contribution in [0.2, 0.25) is 0 Å². The van der Waals surface area contributed by atoms with Crippen LogP contribution in [0.25, 0.3) is 0 Å². The van der Waals surface area contributed by atoms with Gasteiger partial charge in [0, 0.05) is 25.6 Å². The smallest absolute Gasteiger partial charge is 0.410 e. The molecule has 1 unspecified atom stereocenters. The van der Waals surface area contributed by atoms with Crippen molar-refractivity contribution in [3.63, 3.8) is 0 Å². The highest BCUT2D eigenvalue weighted by Gasteiger charge is 2.28. The molecule has 0 aromatic heterocycles. The lowest BCUT2D eigenvalue weighted by Gasteiger charge is -2.35. The van der Waals surface area contributed by atoms with Gasteiger partial charge in [-0.25, -0.2) is 4.79 Å². The second kappa shape index (κ2) is 6.48. The van der Waals surface area contributed by atoms with E-state index < -0.39 is 5.60 Å². The van der Waals surface area contributed by atoms with E-state index in [1.54, 1.807) is 0 Å². The molecule has 1 fully saturated rings. The topological polar surface area (TPSA) is 55.6 Å². The fourth-order valence-electron chi connectivity index (χ4n) is 2.84. The van der Waals surface area contributed by atoms with Crippen LogP contribution >= 0.6 is 0 Å². The van der Waals surface area contributed by atoms with Crippen LogP contribution in [0.5, 0.6) is 0 Å². The summed E-state index contributed by atoms with van der Waals surface area (Å²) >= 11 is 0. The predicted octanol–water partition coefficient (Wildman–Crippen LogP) is 3.26. The lowest BCUT2D eigenvalue weighted by Crippen LogP contribution is -2.42. The van der Waals surface area contributed by atoms with E-state index in [2.05, 4.69) is 12.1 Å². The van der Waals surface area contributed by atoms with Crippen molar-refractivity contribution in [3.8, 4) is 0 Å². The van der Waals surface area contributed by atoms with Crippen molar-refractivity contribution in [2.75, 3.05) is 13.1 Å². The fourth-order valence-corrected chi connectivity index (χ4v) is 2.84. The fraction of sp³-hybridized carbons (Fsp3) is 0.588. The normalized spacial score (nSPS) is 19.4. The molecule has 1 aromatic rings. The number of nitrogens with zero attached hydrogens (tertiary/aromatic N) is 1. The molecule has 4 heteroatoms. The largest absolute Gasteiger partial charge is 0.444 e. The van der Waals surface area contributed by atoms with Crippen LogP contribution in [0.4, 0.5) is 4.79 Å². The van der Waals surface area contributed by atoms with E-state index in [4.69, 9.17) is 10.5 Å². The second-order valence-electron chi connectivity index (χ2n) is 6.67. The molecule has 4 nitrogen and oxygen atoms in total. The number of carbonyl (C=O) groups is 1. The molecule has 1 heterocycles. The number of nitrogens with two attached hydrogens (primary N) is 1. The zero-order valence-corrected chi connectivity index (χ0v) is 13.3. The summed E-state index contributed by atoms with van der Waals surface area (Å²) in [6.07, 6.45) is 1.89. The van der Waals surface area contributed by atoms with E-state index in [0.717, 1.165) is 19.4 Å². The number of piperidine rings is 1. The molecular formula is C17H26N2O2. The summed E-state index contributed by atoms with van der Waals surface area (Å²) in [5.74, 6) is 0.353. The third-order valence-corrected chi connectivity index (χ3v) is 3.79. The molecule has 1 aliphatic rings. The first kappa shape index (κ1) is 15.8. The first-order valence-electron chi connectivity index (χ1n) is 7.66. The molecule has 1 amide bonds. The average Bonchev–Trinajstić information content (AvgIpc) is 2.45. The zero-order valence-electron chi connectivity index (χ0n) is 13.3. The van der Waals surface area contributed by atoms with Crippen LogP contribution in [-0.2, 0) is 11.3 Å². The first-order chi connectivity index (χ1) is 9.90. The van der Waals surface area contributed by atoms with E-state index in [1.165, 1.54) is 11.1 Å². The van der Waals surface area contributed by atoms with Gasteiger partial charge in [-0.1, -0.05) is 24.3 Å². The van der Waals surface area contributed by atoms with Crippen LogP contribution in [0.15, 0.2) is 24.3 Å². The number of benzene rings is 1. The quantitative estimate of drug-likeness (QED) is 0.909. The van der Waals surface area contributed by atoms with E-state index in [-0.39, 0.29) is 6.09 Å². The van der Waals surface area contributed by atoms with Gasteiger partial charge in [-0.15, -0.1) is 0 Å². The Labute approximate surface area is 127 Å². The van der Waals surface area contributed by atoms with Crippen LogP contribution in [0.1, 0.15) is 50.7 Å². The monoisotopic (exact) mass is 290 g/mol. The Kier molecular flexibility index (Phi) is 4.88. The van der Waals surface area contributed by atoms with Crippen molar-refractivity contribution in [1.29, 1.82) is 0 Å². The summed E-state index contributed by atoms with van der Waals surface area (Å²) in [4.78, 5) is 14.1.